The van der Waals surface area contributed by atoms with Crippen LogP contribution in [0.4, 0.5) is 10.5 Å². The molecule has 1 unspecified atom stereocenters. The topological polar surface area (TPSA) is 64.4 Å². The lowest BCUT2D eigenvalue weighted by Crippen LogP contribution is -2.17. The number of nitrogens with one attached hydrogen (secondary N) is 1. The van der Waals surface area contributed by atoms with E-state index in [4.69, 9.17) is 20.9 Å². The van der Waals surface area contributed by atoms with E-state index in [1.807, 2.05) is 24.3 Å². The Balaban J connectivity index is 1.32. The molecule has 5 nitrogen and oxygen atoms in total. The van der Waals surface area contributed by atoms with Crippen LogP contribution in [0, 0.1) is 18.8 Å². The molecule has 1 saturated carbocycles. The van der Waals surface area contributed by atoms with Gasteiger partial charge in [0.05, 0.1) is 0 Å². The van der Waals surface area contributed by atoms with Gasteiger partial charge in [-0.3, -0.25) is 5.32 Å². The average Bonchev–Trinajstić information content (AvgIpc) is 3.51. The van der Waals surface area contributed by atoms with E-state index in [9.17, 15) is 4.79 Å². The number of carbonyl (C=O) groups excluding carboxylic acids is 1. The zero-order chi connectivity index (χ0) is 24.6. The van der Waals surface area contributed by atoms with Crippen LogP contribution in [0.5, 0.6) is 0 Å². The maximum absolute atomic E-state index is 12.5. The van der Waals surface area contributed by atoms with Crippen LogP contribution in [0.15, 0.2) is 65.2 Å². The summed E-state index contributed by atoms with van der Waals surface area (Å²) < 4.78 is 10.9. The van der Waals surface area contributed by atoms with Crippen molar-refractivity contribution in [1.82, 2.24) is 5.16 Å². The van der Waals surface area contributed by atoms with E-state index in [0.29, 0.717) is 21.8 Å². The minimum Gasteiger partial charge on any atom is -0.441 e. The fourth-order valence-corrected chi connectivity index (χ4v) is 4.36. The first-order chi connectivity index (χ1) is 16.8. The highest BCUT2D eigenvalue weighted by atomic mass is 35.5. The standard InChI is InChI=1S/C29H25ClN2O3/c1-18-27(31-28(33)34-19(2)24-6-4-5-7-25(24)30)26(35-32-18)13-9-20-8-10-22-17-23(29(3)14-15-29)12-11-21(22)16-20/h4-8,10-12,16-17,19H,14-15H2,1-3H3,(H,31,33). The normalized spacial score (nSPS) is 14.6. The van der Waals surface area contributed by atoms with Crippen molar-refractivity contribution in [1.29, 1.82) is 0 Å². The third kappa shape index (κ3) is 4.89. The number of hydrogen-bond donors (Lipinski definition) is 1. The van der Waals surface area contributed by atoms with Gasteiger partial charge in [-0.25, -0.2) is 4.79 Å². The molecule has 4 aromatic rings. The molecule has 1 amide bonds. The lowest BCUT2D eigenvalue weighted by molar-refractivity contribution is 0.121. The molecule has 1 aliphatic carbocycles. The number of hydrogen-bond acceptors (Lipinski definition) is 4. The molecule has 0 aliphatic heterocycles. The van der Waals surface area contributed by atoms with Crippen LogP contribution in [-0.2, 0) is 10.2 Å². The van der Waals surface area contributed by atoms with Gasteiger partial charge in [-0.1, -0.05) is 72.1 Å². The number of rotatable bonds is 4. The van der Waals surface area contributed by atoms with Crippen LogP contribution in [-0.4, -0.2) is 11.2 Å². The van der Waals surface area contributed by atoms with Crippen LogP contribution in [0.1, 0.15) is 60.9 Å². The number of anilines is 1. The van der Waals surface area contributed by atoms with E-state index >= 15 is 0 Å². The van der Waals surface area contributed by atoms with E-state index < -0.39 is 12.2 Å². The third-order valence-corrected chi connectivity index (χ3v) is 6.92. The van der Waals surface area contributed by atoms with Gasteiger partial charge in [0.25, 0.3) is 0 Å². The van der Waals surface area contributed by atoms with Crippen molar-refractivity contribution in [3.63, 3.8) is 0 Å². The molecule has 0 saturated heterocycles. The van der Waals surface area contributed by atoms with Crippen molar-refractivity contribution in [2.75, 3.05) is 5.32 Å². The minimum absolute atomic E-state index is 0.266. The summed E-state index contributed by atoms with van der Waals surface area (Å²) in [5.74, 6) is 6.37. The van der Waals surface area contributed by atoms with E-state index in [2.05, 4.69) is 59.6 Å². The highest BCUT2D eigenvalue weighted by Crippen LogP contribution is 2.48. The first-order valence-corrected chi connectivity index (χ1v) is 11.9. The number of halogens is 1. The van der Waals surface area contributed by atoms with E-state index in [1.54, 1.807) is 19.9 Å². The maximum atomic E-state index is 12.5. The predicted molar refractivity (Wildman–Crippen MR) is 138 cm³/mol. The Morgan fingerprint density at radius 3 is 2.63 bits per heavy atom. The number of fused-ring (bicyclic) bond motifs is 1. The molecule has 1 atom stereocenters. The zero-order valence-electron chi connectivity index (χ0n) is 19.8. The molecule has 5 rings (SSSR count). The summed E-state index contributed by atoms with van der Waals surface area (Å²) in [7, 11) is 0. The Kier molecular flexibility index (Phi) is 6.00. The van der Waals surface area contributed by atoms with Crippen molar-refractivity contribution in [2.45, 2.75) is 45.1 Å². The number of aryl methyl sites for hydroxylation is 1. The second-order valence-electron chi connectivity index (χ2n) is 9.25. The zero-order valence-corrected chi connectivity index (χ0v) is 20.6. The monoisotopic (exact) mass is 484 g/mol. The average molecular weight is 485 g/mol. The Morgan fingerprint density at radius 2 is 1.86 bits per heavy atom. The van der Waals surface area contributed by atoms with Crippen molar-refractivity contribution < 1.29 is 14.1 Å². The van der Waals surface area contributed by atoms with Gasteiger partial charge in [0.1, 0.15) is 17.5 Å². The van der Waals surface area contributed by atoms with Crippen molar-refractivity contribution in [2.24, 2.45) is 0 Å². The second-order valence-corrected chi connectivity index (χ2v) is 9.66. The fraction of sp³-hybridized carbons (Fsp3) is 0.241. The Hall–Kier alpha value is -3.75. The van der Waals surface area contributed by atoms with Gasteiger partial charge < -0.3 is 9.26 Å². The number of nitrogens with zero attached hydrogens (tertiary/aromatic N) is 1. The number of amides is 1. The molecule has 1 fully saturated rings. The van der Waals surface area contributed by atoms with Crippen LogP contribution in [0.2, 0.25) is 5.02 Å². The Bertz CT molecular complexity index is 1490. The number of benzene rings is 3. The largest absolute Gasteiger partial charge is 0.441 e. The molecule has 1 aromatic heterocycles. The summed E-state index contributed by atoms with van der Waals surface area (Å²) in [5, 5.41) is 9.53. The van der Waals surface area contributed by atoms with Gasteiger partial charge in [-0.2, -0.15) is 0 Å². The SMILES string of the molecule is Cc1noc(C#Cc2ccc3cc(C4(C)CC4)ccc3c2)c1NC(=O)OC(C)c1ccccc1Cl. The molecule has 0 bridgehead atoms. The summed E-state index contributed by atoms with van der Waals surface area (Å²) in [4.78, 5) is 12.5. The molecule has 1 heterocycles. The molecular weight excluding hydrogens is 460 g/mol. The van der Waals surface area contributed by atoms with Crippen LogP contribution < -0.4 is 5.32 Å². The summed E-state index contributed by atoms with van der Waals surface area (Å²) in [6.45, 7) is 5.80. The van der Waals surface area contributed by atoms with Gasteiger partial charge in [-0.15, -0.1) is 0 Å². The minimum atomic E-state index is -0.641. The molecule has 0 radical (unpaired) electrons. The van der Waals surface area contributed by atoms with Crippen molar-refractivity contribution in [3.8, 4) is 11.8 Å². The lowest BCUT2D eigenvalue weighted by atomic mass is 9.95. The second kappa shape index (κ2) is 9.13. The molecular formula is C29H25ClN2O3. The van der Waals surface area contributed by atoms with Crippen molar-refractivity contribution >= 4 is 34.2 Å². The number of ether oxygens (including phenoxy) is 1. The number of aromatic nitrogens is 1. The Labute approximate surface area is 209 Å². The lowest BCUT2D eigenvalue weighted by Gasteiger charge is -2.15. The number of carbonyl (C=O) groups is 1. The Morgan fingerprint density at radius 1 is 1.11 bits per heavy atom. The highest BCUT2D eigenvalue weighted by molar-refractivity contribution is 6.31. The quantitative estimate of drug-likeness (QED) is 0.304. The highest BCUT2D eigenvalue weighted by Gasteiger charge is 2.38. The van der Waals surface area contributed by atoms with E-state index in [0.717, 1.165) is 16.5 Å². The fourth-order valence-electron chi connectivity index (χ4n) is 4.07. The molecule has 0 spiro atoms. The van der Waals surface area contributed by atoms with Gasteiger partial charge in [0, 0.05) is 16.1 Å². The first kappa shape index (κ1) is 23.0. The summed E-state index contributed by atoms with van der Waals surface area (Å²) in [6, 6.07) is 20.0. The smallest absolute Gasteiger partial charge is 0.412 e. The molecule has 6 heteroatoms. The molecule has 1 aliphatic rings. The molecule has 1 N–H and O–H groups in total. The molecule has 3 aromatic carbocycles. The molecule has 176 valence electrons. The third-order valence-electron chi connectivity index (χ3n) is 6.57. The van der Waals surface area contributed by atoms with Gasteiger partial charge in [0.15, 0.2) is 0 Å². The van der Waals surface area contributed by atoms with E-state index in [-0.39, 0.29) is 5.76 Å². The summed E-state index contributed by atoms with van der Waals surface area (Å²) >= 11 is 6.21. The summed E-state index contributed by atoms with van der Waals surface area (Å²) in [5.41, 5.74) is 4.20. The van der Waals surface area contributed by atoms with Gasteiger partial charge >= 0.3 is 6.09 Å². The predicted octanol–water partition coefficient (Wildman–Crippen LogP) is 7.55. The van der Waals surface area contributed by atoms with Crippen LogP contribution >= 0.6 is 11.6 Å². The molecule has 35 heavy (non-hydrogen) atoms. The van der Waals surface area contributed by atoms with Gasteiger partial charge in [0.2, 0.25) is 5.76 Å². The summed E-state index contributed by atoms with van der Waals surface area (Å²) in [6.07, 6.45) is 1.33. The van der Waals surface area contributed by atoms with Crippen molar-refractivity contribution in [3.05, 3.63) is 93.8 Å². The maximum Gasteiger partial charge on any atom is 0.412 e. The first-order valence-electron chi connectivity index (χ1n) is 11.6. The van der Waals surface area contributed by atoms with E-state index in [1.165, 1.54) is 23.8 Å². The van der Waals surface area contributed by atoms with Gasteiger partial charge in [-0.05, 0) is 72.6 Å². The van der Waals surface area contributed by atoms with Crippen LogP contribution in [0.25, 0.3) is 10.8 Å². The van der Waals surface area contributed by atoms with Crippen LogP contribution in [0.3, 0.4) is 0 Å².